The van der Waals surface area contributed by atoms with Crippen molar-refractivity contribution in [2.45, 2.75) is 13.0 Å². The van der Waals surface area contributed by atoms with Crippen LogP contribution in [-0.4, -0.2) is 9.55 Å². The first-order valence-electron chi connectivity index (χ1n) is 4.72. The number of nitrogens with two attached hydrogens (primary N) is 1. The molecule has 0 saturated carbocycles. The SMILES string of the molecule is CC(N)c1ccc(Br)cc1-n1ccnc1. The van der Waals surface area contributed by atoms with Crippen molar-refractivity contribution in [3.8, 4) is 5.69 Å². The zero-order valence-corrected chi connectivity index (χ0v) is 9.98. The predicted molar refractivity (Wildman–Crippen MR) is 63.9 cm³/mol. The zero-order valence-electron chi connectivity index (χ0n) is 8.39. The molecule has 0 fully saturated rings. The second-order valence-corrected chi connectivity index (χ2v) is 4.38. The van der Waals surface area contributed by atoms with Crippen LogP contribution in [0, 0.1) is 0 Å². The summed E-state index contributed by atoms with van der Waals surface area (Å²) in [6.07, 6.45) is 5.44. The van der Waals surface area contributed by atoms with Gasteiger partial charge in [-0.25, -0.2) is 4.98 Å². The van der Waals surface area contributed by atoms with E-state index in [0.29, 0.717) is 0 Å². The van der Waals surface area contributed by atoms with E-state index in [-0.39, 0.29) is 6.04 Å². The van der Waals surface area contributed by atoms with Crippen LogP contribution >= 0.6 is 15.9 Å². The number of benzene rings is 1. The second kappa shape index (κ2) is 4.16. The molecule has 1 aromatic heterocycles. The van der Waals surface area contributed by atoms with Crippen molar-refractivity contribution in [2.24, 2.45) is 5.73 Å². The van der Waals surface area contributed by atoms with Gasteiger partial charge in [0.1, 0.15) is 0 Å². The summed E-state index contributed by atoms with van der Waals surface area (Å²) in [5, 5.41) is 0. The van der Waals surface area contributed by atoms with E-state index < -0.39 is 0 Å². The van der Waals surface area contributed by atoms with Crippen LogP contribution < -0.4 is 5.73 Å². The van der Waals surface area contributed by atoms with Crippen LogP contribution in [0.1, 0.15) is 18.5 Å². The molecule has 78 valence electrons. The Kier molecular flexibility index (Phi) is 2.88. The maximum Gasteiger partial charge on any atom is 0.0991 e. The fourth-order valence-corrected chi connectivity index (χ4v) is 1.88. The molecular weight excluding hydrogens is 254 g/mol. The molecular formula is C11H12BrN3. The largest absolute Gasteiger partial charge is 0.324 e. The van der Waals surface area contributed by atoms with Crippen molar-refractivity contribution in [3.05, 3.63) is 47.0 Å². The van der Waals surface area contributed by atoms with Gasteiger partial charge in [0.15, 0.2) is 0 Å². The summed E-state index contributed by atoms with van der Waals surface area (Å²) in [4.78, 5) is 4.04. The second-order valence-electron chi connectivity index (χ2n) is 3.46. The van der Waals surface area contributed by atoms with Gasteiger partial charge in [-0.2, -0.15) is 0 Å². The highest BCUT2D eigenvalue weighted by atomic mass is 79.9. The lowest BCUT2D eigenvalue weighted by atomic mass is 10.1. The van der Waals surface area contributed by atoms with E-state index in [1.807, 2.05) is 35.9 Å². The summed E-state index contributed by atoms with van der Waals surface area (Å²) in [6, 6.07) is 6.08. The molecule has 15 heavy (non-hydrogen) atoms. The van der Waals surface area contributed by atoms with E-state index in [0.717, 1.165) is 15.7 Å². The standard InChI is InChI=1S/C11H12BrN3/c1-8(13)10-3-2-9(12)6-11(10)15-5-4-14-7-15/h2-8H,13H2,1H3. The summed E-state index contributed by atoms with van der Waals surface area (Å²) in [5.41, 5.74) is 8.10. The molecule has 2 aromatic rings. The molecule has 0 aliphatic heterocycles. The third kappa shape index (κ3) is 2.11. The van der Waals surface area contributed by atoms with E-state index in [1.54, 1.807) is 12.5 Å². The molecule has 1 heterocycles. The number of imidazole rings is 1. The first-order chi connectivity index (χ1) is 7.18. The lowest BCUT2D eigenvalue weighted by Crippen LogP contribution is -2.09. The Balaban J connectivity index is 2.58. The smallest absolute Gasteiger partial charge is 0.0991 e. The van der Waals surface area contributed by atoms with Gasteiger partial charge in [0, 0.05) is 22.9 Å². The maximum absolute atomic E-state index is 5.92. The molecule has 1 aromatic carbocycles. The minimum atomic E-state index is 0.00972. The first kappa shape index (κ1) is 10.4. The highest BCUT2D eigenvalue weighted by molar-refractivity contribution is 9.10. The van der Waals surface area contributed by atoms with E-state index in [4.69, 9.17) is 5.73 Å². The molecule has 0 radical (unpaired) electrons. The normalized spacial score (nSPS) is 12.7. The van der Waals surface area contributed by atoms with Crippen molar-refractivity contribution in [1.82, 2.24) is 9.55 Å². The Morgan fingerprint density at radius 3 is 2.87 bits per heavy atom. The zero-order chi connectivity index (χ0) is 10.8. The lowest BCUT2D eigenvalue weighted by molar-refractivity contribution is 0.803. The van der Waals surface area contributed by atoms with Gasteiger partial charge < -0.3 is 10.3 Å². The van der Waals surface area contributed by atoms with Gasteiger partial charge in [-0.15, -0.1) is 0 Å². The Bertz CT molecular complexity index is 449. The number of hydrogen-bond acceptors (Lipinski definition) is 2. The van der Waals surface area contributed by atoms with Crippen LogP contribution in [0.25, 0.3) is 5.69 Å². The first-order valence-corrected chi connectivity index (χ1v) is 5.51. The Morgan fingerprint density at radius 1 is 1.47 bits per heavy atom. The fourth-order valence-electron chi connectivity index (χ4n) is 1.53. The summed E-state index contributed by atoms with van der Waals surface area (Å²) in [6.45, 7) is 1.98. The van der Waals surface area contributed by atoms with Gasteiger partial charge in [-0.1, -0.05) is 22.0 Å². The van der Waals surface area contributed by atoms with Crippen molar-refractivity contribution in [1.29, 1.82) is 0 Å². The number of hydrogen-bond donors (Lipinski definition) is 1. The van der Waals surface area contributed by atoms with E-state index in [1.165, 1.54) is 0 Å². The molecule has 3 nitrogen and oxygen atoms in total. The topological polar surface area (TPSA) is 43.8 Å². The molecule has 2 N–H and O–H groups in total. The average Bonchev–Trinajstić information content (AvgIpc) is 2.69. The van der Waals surface area contributed by atoms with Crippen LogP contribution in [0.3, 0.4) is 0 Å². The number of rotatable bonds is 2. The molecule has 0 aliphatic carbocycles. The van der Waals surface area contributed by atoms with Gasteiger partial charge in [0.2, 0.25) is 0 Å². The Hall–Kier alpha value is -1.13. The quantitative estimate of drug-likeness (QED) is 0.908. The molecule has 1 atom stereocenters. The van der Waals surface area contributed by atoms with Crippen LogP contribution in [-0.2, 0) is 0 Å². The van der Waals surface area contributed by atoms with Crippen LogP contribution in [0.15, 0.2) is 41.4 Å². The summed E-state index contributed by atoms with van der Waals surface area (Å²) >= 11 is 3.46. The van der Waals surface area contributed by atoms with Crippen LogP contribution in [0.5, 0.6) is 0 Å². The summed E-state index contributed by atoms with van der Waals surface area (Å²) in [5.74, 6) is 0. The lowest BCUT2D eigenvalue weighted by Gasteiger charge is -2.13. The predicted octanol–water partition coefficient (Wildman–Crippen LogP) is 2.65. The van der Waals surface area contributed by atoms with Crippen molar-refractivity contribution in [3.63, 3.8) is 0 Å². The molecule has 4 heteroatoms. The molecule has 2 rings (SSSR count). The third-order valence-corrected chi connectivity index (χ3v) is 2.76. The molecule has 0 spiro atoms. The van der Waals surface area contributed by atoms with E-state index in [2.05, 4.69) is 20.9 Å². The van der Waals surface area contributed by atoms with Gasteiger partial charge >= 0.3 is 0 Å². The summed E-state index contributed by atoms with van der Waals surface area (Å²) < 4.78 is 3.00. The van der Waals surface area contributed by atoms with Gasteiger partial charge in [-0.05, 0) is 24.6 Å². The van der Waals surface area contributed by atoms with E-state index in [9.17, 15) is 0 Å². The van der Waals surface area contributed by atoms with Crippen molar-refractivity contribution >= 4 is 15.9 Å². The molecule has 0 bridgehead atoms. The average molecular weight is 266 g/mol. The third-order valence-electron chi connectivity index (χ3n) is 2.27. The monoisotopic (exact) mass is 265 g/mol. The minimum absolute atomic E-state index is 0.00972. The number of halogens is 1. The van der Waals surface area contributed by atoms with Gasteiger partial charge in [0.25, 0.3) is 0 Å². The van der Waals surface area contributed by atoms with Gasteiger partial charge in [0.05, 0.1) is 12.0 Å². The van der Waals surface area contributed by atoms with E-state index >= 15 is 0 Å². The van der Waals surface area contributed by atoms with Crippen LogP contribution in [0.4, 0.5) is 0 Å². The molecule has 0 saturated heterocycles. The van der Waals surface area contributed by atoms with Crippen LogP contribution in [0.2, 0.25) is 0 Å². The highest BCUT2D eigenvalue weighted by Crippen LogP contribution is 2.24. The minimum Gasteiger partial charge on any atom is -0.324 e. The molecule has 0 amide bonds. The Morgan fingerprint density at radius 2 is 2.27 bits per heavy atom. The highest BCUT2D eigenvalue weighted by Gasteiger charge is 2.08. The molecule has 0 aliphatic rings. The van der Waals surface area contributed by atoms with Crippen molar-refractivity contribution < 1.29 is 0 Å². The fraction of sp³-hybridized carbons (Fsp3) is 0.182. The summed E-state index contributed by atoms with van der Waals surface area (Å²) in [7, 11) is 0. The number of nitrogens with zero attached hydrogens (tertiary/aromatic N) is 2. The van der Waals surface area contributed by atoms with Crippen molar-refractivity contribution in [2.75, 3.05) is 0 Å². The Labute approximate surface area is 97.1 Å². The maximum atomic E-state index is 5.92. The number of aromatic nitrogens is 2. The van der Waals surface area contributed by atoms with Gasteiger partial charge in [-0.3, -0.25) is 0 Å². The molecule has 1 unspecified atom stereocenters.